The fourth-order valence-corrected chi connectivity index (χ4v) is 3.56. The van der Waals surface area contributed by atoms with Gasteiger partial charge in [-0.3, -0.25) is 4.79 Å². The maximum absolute atomic E-state index is 12.6. The largest absolute Gasteiger partial charge is 0.394 e. The Morgan fingerprint density at radius 1 is 1.10 bits per heavy atom. The molecule has 0 aliphatic carbocycles. The number of aromatic nitrogens is 3. The number of aromatic amines is 2. The molecule has 2 aromatic carbocycles. The maximum Gasteiger partial charge on any atom is 0.261 e. The van der Waals surface area contributed by atoms with Crippen LogP contribution in [0.15, 0.2) is 59.5 Å². The van der Waals surface area contributed by atoms with Gasteiger partial charge in [-0.1, -0.05) is 53.5 Å². The lowest BCUT2D eigenvalue weighted by atomic mass is 10.1. The molecule has 0 spiro atoms. The Balaban J connectivity index is 1.71. The Morgan fingerprint density at radius 2 is 1.86 bits per heavy atom. The van der Waals surface area contributed by atoms with Crippen LogP contribution in [-0.2, 0) is 6.42 Å². The van der Waals surface area contributed by atoms with Gasteiger partial charge in [0.05, 0.1) is 39.4 Å². The number of pyridine rings is 1. The molecule has 0 fully saturated rings. The summed E-state index contributed by atoms with van der Waals surface area (Å²) >= 11 is 12.2. The Kier molecular flexibility index (Phi) is 5.58. The summed E-state index contributed by atoms with van der Waals surface area (Å²) in [6.45, 7) is -0.0908. The smallest absolute Gasteiger partial charge is 0.261 e. The van der Waals surface area contributed by atoms with Gasteiger partial charge in [-0.25, -0.2) is 4.98 Å². The van der Waals surface area contributed by atoms with Crippen LogP contribution in [0.3, 0.4) is 0 Å². The minimum Gasteiger partial charge on any atom is -0.394 e. The van der Waals surface area contributed by atoms with Crippen molar-refractivity contribution >= 4 is 39.9 Å². The summed E-state index contributed by atoms with van der Waals surface area (Å²) in [5.74, 6) is 0.388. The zero-order chi connectivity index (χ0) is 20.4. The second-order valence-electron chi connectivity index (χ2n) is 6.68. The second-order valence-corrected chi connectivity index (χ2v) is 7.49. The fraction of sp³-hybridized carbons (Fsp3) is 0.143. The third-order valence-electron chi connectivity index (χ3n) is 4.63. The molecule has 0 aliphatic rings. The molecule has 0 saturated carbocycles. The summed E-state index contributed by atoms with van der Waals surface area (Å²) in [5, 5.41) is 13.9. The van der Waals surface area contributed by atoms with Crippen LogP contribution >= 0.6 is 23.2 Å². The molecule has 148 valence electrons. The topological polar surface area (TPSA) is 93.8 Å². The number of H-pyrrole nitrogens is 2. The van der Waals surface area contributed by atoms with E-state index in [0.29, 0.717) is 44.6 Å². The van der Waals surface area contributed by atoms with Crippen molar-refractivity contribution in [2.45, 2.75) is 12.5 Å². The molecule has 2 aromatic heterocycles. The minimum absolute atomic E-state index is 0.0908. The highest BCUT2D eigenvalue weighted by Gasteiger charge is 2.18. The summed E-state index contributed by atoms with van der Waals surface area (Å²) in [6, 6.07) is 14.6. The Labute approximate surface area is 176 Å². The second kappa shape index (κ2) is 8.29. The van der Waals surface area contributed by atoms with Gasteiger partial charge in [0.15, 0.2) is 0 Å². The highest BCUT2D eigenvalue weighted by molar-refractivity contribution is 6.42. The van der Waals surface area contributed by atoms with Gasteiger partial charge >= 0.3 is 0 Å². The van der Waals surface area contributed by atoms with Crippen LogP contribution in [0.5, 0.6) is 0 Å². The van der Waals surface area contributed by atoms with E-state index in [0.717, 1.165) is 5.56 Å². The summed E-state index contributed by atoms with van der Waals surface area (Å²) in [5.41, 5.74) is 2.97. The number of nitrogens with one attached hydrogen (secondary N) is 3. The molecule has 4 N–H and O–H groups in total. The van der Waals surface area contributed by atoms with Crippen molar-refractivity contribution in [2.24, 2.45) is 0 Å². The molecule has 0 bridgehead atoms. The molecule has 29 heavy (non-hydrogen) atoms. The molecular weight excluding hydrogens is 411 g/mol. The Morgan fingerprint density at radius 3 is 2.62 bits per heavy atom. The molecule has 2 heterocycles. The molecule has 1 atom stereocenters. The average molecular weight is 429 g/mol. The number of anilines is 1. The summed E-state index contributed by atoms with van der Waals surface area (Å²) in [6.07, 6.45) is 2.16. The van der Waals surface area contributed by atoms with E-state index in [1.165, 1.54) is 0 Å². The number of aliphatic hydroxyl groups is 1. The molecule has 4 aromatic rings. The number of rotatable bonds is 6. The molecular formula is C21H18Cl2N4O2. The van der Waals surface area contributed by atoms with Crippen LogP contribution in [-0.4, -0.2) is 32.7 Å². The SMILES string of the molecule is O=c1[nH]ccc(NC(CO)Cc2ccccc2)c1-c1nc2cc(Cl)c(Cl)cc2[nH]1. The monoisotopic (exact) mass is 428 g/mol. The Bertz CT molecular complexity index is 1170. The van der Waals surface area contributed by atoms with Gasteiger partial charge in [0.1, 0.15) is 11.4 Å². The fourth-order valence-electron chi connectivity index (χ4n) is 3.24. The lowest BCUT2D eigenvalue weighted by Crippen LogP contribution is -2.28. The van der Waals surface area contributed by atoms with Crippen molar-refractivity contribution < 1.29 is 5.11 Å². The predicted molar refractivity (Wildman–Crippen MR) is 117 cm³/mol. The zero-order valence-corrected chi connectivity index (χ0v) is 16.8. The molecule has 0 saturated heterocycles. The van der Waals surface area contributed by atoms with Crippen molar-refractivity contribution in [3.05, 3.63) is 80.7 Å². The normalized spacial score (nSPS) is 12.2. The number of benzene rings is 2. The number of fused-ring (bicyclic) bond motifs is 1. The lowest BCUT2D eigenvalue weighted by Gasteiger charge is -2.19. The zero-order valence-electron chi connectivity index (χ0n) is 15.2. The summed E-state index contributed by atoms with van der Waals surface area (Å²) < 4.78 is 0. The van der Waals surface area contributed by atoms with Gasteiger partial charge < -0.3 is 20.4 Å². The van der Waals surface area contributed by atoms with Crippen LogP contribution in [0.4, 0.5) is 5.69 Å². The van der Waals surface area contributed by atoms with Crippen molar-refractivity contribution in [3.63, 3.8) is 0 Å². The summed E-state index contributed by atoms with van der Waals surface area (Å²) in [4.78, 5) is 22.9. The van der Waals surface area contributed by atoms with Gasteiger partial charge in [0.2, 0.25) is 0 Å². The van der Waals surface area contributed by atoms with Crippen molar-refractivity contribution in [1.82, 2.24) is 15.0 Å². The van der Waals surface area contributed by atoms with E-state index in [4.69, 9.17) is 23.2 Å². The predicted octanol–water partition coefficient (Wildman–Crippen LogP) is 4.24. The highest BCUT2D eigenvalue weighted by atomic mass is 35.5. The number of hydrogen-bond donors (Lipinski definition) is 4. The molecule has 8 heteroatoms. The molecule has 0 amide bonds. The standard InChI is InChI=1S/C21H18Cl2N4O2/c22-14-9-17-18(10-15(14)23)27-20(26-17)19-16(6-7-24-21(19)29)25-13(11-28)8-12-4-2-1-3-5-12/h1-7,9-10,13,28H,8,11H2,(H,26,27)(H2,24,25,29). The van der Waals surface area contributed by atoms with Crippen LogP contribution in [0, 0.1) is 0 Å². The van der Waals surface area contributed by atoms with E-state index >= 15 is 0 Å². The highest BCUT2D eigenvalue weighted by Crippen LogP contribution is 2.30. The first-order chi connectivity index (χ1) is 14.0. The molecule has 4 rings (SSSR count). The Hall–Kier alpha value is -2.80. The quantitative estimate of drug-likeness (QED) is 0.369. The van der Waals surface area contributed by atoms with Crippen LogP contribution in [0.1, 0.15) is 5.56 Å². The van der Waals surface area contributed by atoms with Gasteiger partial charge in [-0.05, 0) is 30.2 Å². The first-order valence-electron chi connectivity index (χ1n) is 9.03. The summed E-state index contributed by atoms with van der Waals surface area (Å²) in [7, 11) is 0. The first-order valence-corrected chi connectivity index (χ1v) is 9.79. The first kappa shape index (κ1) is 19.5. The van der Waals surface area contributed by atoms with E-state index in [-0.39, 0.29) is 18.2 Å². The third-order valence-corrected chi connectivity index (χ3v) is 5.35. The number of nitrogens with zero attached hydrogens (tertiary/aromatic N) is 1. The van der Waals surface area contributed by atoms with Crippen molar-refractivity contribution in [1.29, 1.82) is 0 Å². The van der Waals surface area contributed by atoms with Gasteiger partial charge in [-0.15, -0.1) is 0 Å². The number of aliphatic hydroxyl groups excluding tert-OH is 1. The van der Waals surface area contributed by atoms with Gasteiger partial charge in [-0.2, -0.15) is 0 Å². The molecule has 0 radical (unpaired) electrons. The molecule has 1 unspecified atom stereocenters. The molecule has 6 nitrogen and oxygen atoms in total. The van der Waals surface area contributed by atoms with E-state index in [1.807, 2.05) is 30.3 Å². The number of halogens is 2. The average Bonchev–Trinajstić information content (AvgIpc) is 3.10. The number of imidazole rings is 1. The van der Waals surface area contributed by atoms with Crippen LogP contribution < -0.4 is 10.9 Å². The molecule has 0 aliphatic heterocycles. The van der Waals surface area contributed by atoms with E-state index in [2.05, 4.69) is 20.3 Å². The lowest BCUT2D eigenvalue weighted by molar-refractivity contribution is 0.274. The minimum atomic E-state index is -0.303. The third kappa shape index (κ3) is 4.15. The van der Waals surface area contributed by atoms with Crippen LogP contribution in [0.25, 0.3) is 22.4 Å². The maximum atomic E-state index is 12.6. The van der Waals surface area contributed by atoms with Crippen LogP contribution in [0.2, 0.25) is 10.0 Å². The van der Waals surface area contributed by atoms with Crippen molar-refractivity contribution in [2.75, 3.05) is 11.9 Å². The van der Waals surface area contributed by atoms with Gasteiger partial charge in [0.25, 0.3) is 5.56 Å². The van der Waals surface area contributed by atoms with Gasteiger partial charge in [0, 0.05) is 6.20 Å². The van der Waals surface area contributed by atoms with E-state index < -0.39 is 0 Å². The van der Waals surface area contributed by atoms with Crippen molar-refractivity contribution in [3.8, 4) is 11.4 Å². The van der Waals surface area contributed by atoms with E-state index in [1.54, 1.807) is 24.4 Å². The number of hydrogen-bond acceptors (Lipinski definition) is 4. The van der Waals surface area contributed by atoms with E-state index in [9.17, 15) is 9.90 Å².